The summed E-state index contributed by atoms with van der Waals surface area (Å²) in [6.45, 7) is 0. The SMILES string of the molecule is CN(c1ccc2c(c1N)C(=O)N(C1CCC(=O)NC1=O)C2=O)[C@H]1CCCC[C@H]1NC1CCC(F)(F)CC1. The van der Waals surface area contributed by atoms with Gasteiger partial charge in [-0.25, -0.2) is 8.78 Å². The van der Waals surface area contributed by atoms with E-state index in [9.17, 15) is 28.0 Å². The molecule has 11 heteroatoms. The molecule has 2 saturated carbocycles. The van der Waals surface area contributed by atoms with E-state index in [4.69, 9.17) is 5.73 Å². The molecule has 3 fully saturated rings. The number of imide groups is 2. The number of anilines is 2. The van der Waals surface area contributed by atoms with E-state index in [-0.39, 0.29) is 60.6 Å². The number of benzene rings is 1. The molecule has 2 aliphatic heterocycles. The van der Waals surface area contributed by atoms with Gasteiger partial charge in [-0.3, -0.25) is 29.4 Å². The molecule has 9 nitrogen and oxygen atoms in total. The number of carbonyl (C=O) groups is 4. The summed E-state index contributed by atoms with van der Waals surface area (Å²) in [5.74, 6) is -4.91. The number of carbonyl (C=O) groups excluding carboxylic acids is 4. The molecule has 4 aliphatic rings. The molecule has 2 heterocycles. The summed E-state index contributed by atoms with van der Waals surface area (Å²) in [7, 11) is 1.90. The highest BCUT2D eigenvalue weighted by molar-refractivity contribution is 6.26. The Labute approximate surface area is 214 Å². The van der Waals surface area contributed by atoms with Gasteiger partial charge in [-0.15, -0.1) is 0 Å². The molecule has 1 unspecified atom stereocenters. The van der Waals surface area contributed by atoms with Crippen LogP contribution < -0.4 is 21.3 Å². The minimum absolute atomic E-state index is 0.0370. The lowest BCUT2D eigenvalue weighted by Gasteiger charge is -2.42. The van der Waals surface area contributed by atoms with Crippen LogP contribution in [0.2, 0.25) is 0 Å². The topological polar surface area (TPSA) is 125 Å². The molecule has 1 saturated heterocycles. The van der Waals surface area contributed by atoms with Gasteiger partial charge in [0.1, 0.15) is 6.04 Å². The molecule has 0 spiro atoms. The first kappa shape index (κ1) is 25.6. The Morgan fingerprint density at radius 2 is 1.73 bits per heavy atom. The standard InChI is InChI=1S/C26H33F2N5O4/c1-32(17-5-3-2-4-16(17)30-14-10-12-26(27,28)13-11-14)18-7-6-15-21(22(18)29)25(37)33(24(15)36)19-8-9-20(34)31-23(19)35/h6-7,14,16-17,19,30H,2-5,8-13,29H2,1H3,(H,31,34,35)/t16-,17+,19?/m1/s1. The van der Waals surface area contributed by atoms with E-state index < -0.39 is 35.6 Å². The maximum atomic E-state index is 13.6. The van der Waals surface area contributed by atoms with Crippen molar-refractivity contribution in [1.82, 2.24) is 15.5 Å². The highest BCUT2D eigenvalue weighted by Gasteiger charge is 2.46. The monoisotopic (exact) mass is 517 g/mol. The maximum Gasteiger partial charge on any atom is 0.264 e. The van der Waals surface area contributed by atoms with Crippen LogP contribution in [0.5, 0.6) is 0 Å². The quantitative estimate of drug-likeness (QED) is 0.405. The number of amides is 4. The predicted octanol–water partition coefficient (Wildman–Crippen LogP) is 2.58. The third-order valence-electron chi connectivity index (χ3n) is 8.40. The summed E-state index contributed by atoms with van der Waals surface area (Å²) in [5, 5.41) is 5.82. The molecule has 200 valence electrons. The lowest BCUT2D eigenvalue weighted by molar-refractivity contribution is -0.136. The Morgan fingerprint density at radius 3 is 2.43 bits per heavy atom. The van der Waals surface area contributed by atoms with E-state index >= 15 is 0 Å². The fraction of sp³-hybridized carbons (Fsp3) is 0.615. The van der Waals surface area contributed by atoms with E-state index in [2.05, 4.69) is 10.6 Å². The smallest absolute Gasteiger partial charge is 0.264 e. The van der Waals surface area contributed by atoms with Crippen LogP contribution in [-0.4, -0.2) is 65.7 Å². The van der Waals surface area contributed by atoms with Crippen molar-refractivity contribution < 1.29 is 28.0 Å². The molecule has 4 amide bonds. The second-order valence-corrected chi connectivity index (χ2v) is 10.7. The van der Waals surface area contributed by atoms with E-state index in [0.717, 1.165) is 30.6 Å². The Balaban J connectivity index is 1.36. The number of nitrogens with one attached hydrogen (secondary N) is 2. The van der Waals surface area contributed by atoms with Crippen LogP contribution >= 0.6 is 0 Å². The van der Waals surface area contributed by atoms with Gasteiger partial charge < -0.3 is 16.0 Å². The van der Waals surface area contributed by atoms with Crippen molar-refractivity contribution in [2.24, 2.45) is 0 Å². The average Bonchev–Trinajstić information content (AvgIpc) is 3.11. The molecule has 5 rings (SSSR count). The van der Waals surface area contributed by atoms with Crippen LogP contribution in [0.3, 0.4) is 0 Å². The van der Waals surface area contributed by atoms with Gasteiger partial charge in [-0.1, -0.05) is 12.8 Å². The molecule has 37 heavy (non-hydrogen) atoms. The fourth-order valence-electron chi connectivity index (χ4n) is 6.34. The number of fused-ring (bicyclic) bond motifs is 1. The number of halogens is 2. The molecule has 4 N–H and O–H groups in total. The van der Waals surface area contributed by atoms with Gasteiger partial charge >= 0.3 is 0 Å². The van der Waals surface area contributed by atoms with Gasteiger partial charge in [-0.2, -0.15) is 0 Å². The summed E-state index contributed by atoms with van der Waals surface area (Å²) in [5.41, 5.74) is 7.51. The molecule has 0 bridgehead atoms. The number of piperidine rings is 1. The molecule has 0 aromatic heterocycles. The molecule has 0 radical (unpaired) electrons. The van der Waals surface area contributed by atoms with Crippen molar-refractivity contribution in [3.05, 3.63) is 23.3 Å². The van der Waals surface area contributed by atoms with Gasteiger partial charge in [-0.05, 0) is 44.2 Å². The maximum absolute atomic E-state index is 13.6. The molecule has 1 aromatic carbocycles. The third kappa shape index (κ3) is 4.69. The van der Waals surface area contributed by atoms with Gasteiger partial charge in [0.2, 0.25) is 17.7 Å². The van der Waals surface area contributed by atoms with E-state index in [1.807, 2.05) is 11.9 Å². The Hall–Kier alpha value is -3.08. The van der Waals surface area contributed by atoms with Crippen LogP contribution in [0, 0.1) is 0 Å². The zero-order valence-corrected chi connectivity index (χ0v) is 20.9. The van der Waals surface area contributed by atoms with Crippen molar-refractivity contribution in [2.75, 3.05) is 17.7 Å². The first-order chi connectivity index (χ1) is 17.6. The number of nitrogens with two attached hydrogens (primary N) is 1. The number of hydrogen-bond acceptors (Lipinski definition) is 7. The lowest BCUT2D eigenvalue weighted by atomic mass is 9.86. The second kappa shape index (κ2) is 9.66. The minimum Gasteiger partial charge on any atom is -0.396 e. The highest BCUT2D eigenvalue weighted by atomic mass is 19.3. The highest BCUT2D eigenvalue weighted by Crippen LogP contribution is 2.39. The summed E-state index contributed by atoms with van der Waals surface area (Å²) >= 11 is 0. The first-order valence-corrected chi connectivity index (χ1v) is 13.1. The summed E-state index contributed by atoms with van der Waals surface area (Å²) in [4.78, 5) is 53.3. The number of alkyl halides is 2. The molecule has 3 atom stereocenters. The fourth-order valence-corrected chi connectivity index (χ4v) is 6.34. The number of likely N-dealkylation sites (N-methyl/N-ethyl adjacent to an activating group) is 1. The van der Waals surface area contributed by atoms with E-state index in [1.165, 1.54) is 0 Å². The molecule has 2 aliphatic carbocycles. The van der Waals surface area contributed by atoms with Crippen molar-refractivity contribution in [1.29, 1.82) is 0 Å². The Bertz CT molecular complexity index is 1130. The van der Waals surface area contributed by atoms with Crippen molar-refractivity contribution >= 4 is 35.0 Å². The van der Waals surface area contributed by atoms with Gasteiger partial charge in [0.15, 0.2) is 0 Å². The molecular formula is C26H33F2N5O4. The third-order valence-corrected chi connectivity index (χ3v) is 8.40. The van der Waals surface area contributed by atoms with E-state index in [0.29, 0.717) is 18.5 Å². The van der Waals surface area contributed by atoms with Crippen LogP contribution in [-0.2, 0) is 9.59 Å². The van der Waals surface area contributed by atoms with Crippen LogP contribution in [0.15, 0.2) is 12.1 Å². The Kier molecular flexibility index (Phi) is 6.68. The van der Waals surface area contributed by atoms with Crippen LogP contribution in [0.25, 0.3) is 0 Å². The predicted molar refractivity (Wildman–Crippen MR) is 132 cm³/mol. The first-order valence-electron chi connectivity index (χ1n) is 13.1. The normalized spacial score (nSPS) is 28.3. The van der Waals surface area contributed by atoms with E-state index in [1.54, 1.807) is 12.1 Å². The van der Waals surface area contributed by atoms with Gasteiger partial charge in [0, 0.05) is 44.4 Å². The van der Waals surface area contributed by atoms with Crippen molar-refractivity contribution in [3.8, 4) is 0 Å². The Morgan fingerprint density at radius 1 is 1.03 bits per heavy atom. The zero-order valence-electron chi connectivity index (χ0n) is 20.9. The van der Waals surface area contributed by atoms with Crippen molar-refractivity contribution in [3.63, 3.8) is 0 Å². The lowest BCUT2D eigenvalue weighted by Crippen LogP contribution is -2.54. The molecular weight excluding hydrogens is 484 g/mol. The van der Waals surface area contributed by atoms with Gasteiger partial charge in [0.05, 0.1) is 22.5 Å². The van der Waals surface area contributed by atoms with Crippen LogP contribution in [0.1, 0.15) is 84.9 Å². The number of rotatable bonds is 5. The summed E-state index contributed by atoms with van der Waals surface area (Å²) < 4.78 is 27.3. The average molecular weight is 518 g/mol. The summed E-state index contributed by atoms with van der Waals surface area (Å²) in [6.07, 6.45) is 4.63. The van der Waals surface area contributed by atoms with Gasteiger partial charge in [0.25, 0.3) is 11.8 Å². The largest absolute Gasteiger partial charge is 0.396 e. The second-order valence-electron chi connectivity index (χ2n) is 10.7. The van der Waals surface area contributed by atoms with Crippen LogP contribution in [0.4, 0.5) is 20.2 Å². The molecule has 1 aromatic rings. The number of hydrogen-bond donors (Lipinski definition) is 3. The summed E-state index contributed by atoms with van der Waals surface area (Å²) in [6, 6.07) is 2.39. The number of nitrogens with zero attached hydrogens (tertiary/aromatic N) is 2. The number of nitrogen functional groups attached to an aromatic ring is 1. The zero-order chi connectivity index (χ0) is 26.5. The minimum atomic E-state index is -2.58. The van der Waals surface area contributed by atoms with Crippen molar-refractivity contribution in [2.45, 2.75) is 94.3 Å².